The summed E-state index contributed by atoms with van der Waals surface area (Å²) in [6.07, 6.45) is 1.83. The van der Waals surface area contributed by atoms with Crippen molar-refractivity contribution in [3.8, 4) is 6.07 Å². The molecule has 0 saturated heterocycles. The lowest BCUT2D eigenvalue weighted by Gasteiger charge is -2.06. The maximum absolute atomic E-state index is 10.8. The fourth-order valence-corrected chi connectivity index (χ4v) is 1.49. The van der Waals surface area contributed by atoms with Gasteiger partial charge in [0, 0.05) is 19.0 Å². The lowest BCUT2D eigenvalue weighted by Crippen LogP contribution is -2.04. The summed E-state index contributed by atoms with van der Waals surface area (Å²) >= 11 is 0. The summed E-state index contributed by atoms with van der Waals surface area (Å²) < 4.78 is 0. The highest BCUT2D eigenvalue weighted by Crippen LogP contribution is 2.28. The second-order valence-corrected chi connectivity index (χ2v) is 3.76. The van der Waals surface area contributed by atoms with Gasteiger partial charge < -0.3 is 5.32 Å². The molecule has 1 aromatic carbocycles. The molecule has 0 radical (unpaired) electrons. The van der Waals surface area contributed by atoms with E-state index in [1.165, 1.54) is 12.1 Å². The van der Waals surface area contributed by atoms with Crippen molar-refractivity contribution in [2.24, 2.45) is 0 Å². The van der Waals surface area contributed by atoms with Crippen LogP contribution in [0.3, 0.4) is 0 Å². The van der Waals surface area contributed by atoms with Crippen molar-refractivity contribution in [2.75, 3.05) is 11.9 Å². The highest BCUT2D eigenvalue weighted by Gasteiger charge is 2.18. The Labute approximate surface area is 109 Å². The summed E-state index contributed by atoms with van der Waals surface area (Å²) in [6, 6.07) is 5.47. The largest absolute Gasteiger partial charge is 0.379 e. The molecule has 0 unspecified atom stereocenters. The first-order valence-corrected chi connectivity index (χ1v) is 5.60. The van der Waals surface area contributed by atoms with Crippen molar-refractivity contribution < 1.29 is 9.85 Å². The molecule has 19 heavy (non-hydrogen) atoms. The first kappa shape index (κ1) is 14.4. The van der Waals surface area contributed by atoms with Gasteiger partial charge in [0.05, 0.1) is 22.0 Å². The molecule has 0 fully saturated rings. The molecule has 0 aromatic heterocycles. The van der Waals surface area contributed by atoms with E-state index in [2.05, 4.69) is 5.32 Å². The maximum atomic E-state index is 10.8. The normalized spacial score (nSPS) is 9.63. The van der Waals surface area contributed by atoms with Crippen molar-refractivity contribution in [3.05, 3.63) is 38.4 Å². The van der Waals surface area contributed by atoms with E-state index < -0.39 is 9.85 Å². The van der Waals surface area contributed by atoms with Crippen LogP contribution in [0.25, 0.3) is 0 Å². The van der Waals surface area contributed by atoms with Crippen LogP contribution in [0.1, 0.15) is 19.3 Å². The quantitative estimate of drug-likeness (QED) is 0.458. The minimum Gasteiger partial charge on any atom is -0.379 e. The second-order valence-electron chi connectivity index (χ2n) is 3.76. The molecule has 0 amide bonds. The molecular weight excluding hydrogens is 252 g/mol. The number of benzene rings is 1. The molecule has 1 N–H and O–H groups in total. The molecule has 0 aliphatic carbocycles. The fraction of sp³-hybridized carbons (Fsp3) is 0.364. The number of anilines is 1. The highest BCUT2D eigenvalue weighted by molar-refractivity contribution is 5.65. The average Bonchev–Trinajstić information content (AvgIpc) is 2.38. The number of nitrogens with zero attached hydrogens (tertiary/aromatic N) is 3. The smallest absolute Gasteiger partial charge is 0.299 e. The number of rotatable bonds is 7. The molecule has 0 aliphatic heterocycles. The third-order valence-corrected chi connectivity index (χ3v) is 2.42. The van der Waals surface area contributed by atoms with Crippen LogP contribution < -0.4 is 5.32 Å². The number of hydrogen-bond acceptors (Lipinski definition) is 6. The Balaban J connectivity index is 2.75. The molecule has 1 rings (SSSR count). The van der Waals surface area contributed by atoms with E-state index in [0.717, 1.165) is 6.07 Å². The van der Waals surface area contributed by atoms with Crippen molar-refractivity contribution in [2.45, 2.75) is 19.3 Å². The van der Waals surface area contributed by atoms with Gasteiger partial charge in [0.2, 0.25) is 0 Å². The molecule has 0 spiro atoms. The van der Waals surface area contributed by atoms with E-state index in [1.807, 2.05) is 6.07 Å². The van der Waals surface area contributed by atoms with Crippen LogP contribution in [0.5, 0.6) is 0 Å². The Bertz CT molecular complexity index is 524. The Morgan fingerprint density at radius 1 is 1.21 bits per heavy atom. The van der Waals surface area contributed by atoms with Gasteiger partial charge in [-0.05, 0) is 18.9 Å². The number of hydrogen-bond donors (Lipinski definition) is 1. The van der Waals surface area contributed by atoms with Crippen molar-refractivity contribution >= 4 is 17.1 Å². The zero-order chi connectivity index (χ0) is 14.3. The summed E-state index contributed by atoms with van der Waals surface area (Å²) in [6.45, 7) is 0.473. The molecule has 0 aliphatic rings. The molecular formula is C11H12N4O4. The number of nitriles is 1. The van der Waals surface area contributed by atoms with Crippen LogP contribution in [0.2, 0.25) is 0 Å². The van der Waals surface area contributed by atoms with E-state index in [4.69, 9.17) is 5.26 Å². The van der Waals surface area contributed by atoms with Crippen LogP contribution in [0.15, 0.2) is 18.2 Å². The third-order valence-electron chi connectivity index (χ3n) is 2.42. The van der Waals surface area contributed by atoms with E-state index >= 15 is 0 Å². The minimum atomic E-state index is -0.677. The molecule has 0 atom stereocenters. The monoisotopic (exact) mass is 264 g/mol. The first-order valence-electron chi connectivity index (χ1n) is 5.60. The lowest BCUT2D eigenvalue weighted by atomic mass is 10.2. The van der Waals surface area contributed by atoms with Crippen molar-refractivity contribution in [1.29, 1.82) is 5.26 Å². The molecule has 0 saturated carbocycles. The number of nitrogens with one attached hydrogen (secondary N) is 1. The highest BCUT2D eigenvalue weighted by atomic mass is 16.6. The molecule has 1 aromatic rings. The molecule has 0 heterocycles. The Morgan fingerprint density at radius 2 is 1.95 bits per heavy atom. The maximum Gasteiger partial charge on any atom is 0.299 e. The number of nitro groups is 2. The summed E-state index contributed by atoms with van der Waals surface area (Å²) in [5.41, 5.74) is -0.399. The van der Waals surface area contributed by atoms with E-state index in [0.29, 0.717) is 25.8 Å². The first-order chi connectivity index (χ1) is 9.06. The van der Waals surface area contributed by atoms with Crippen LogP contribution >= 0.6 is 0 Å². The van der Waals surface area contributed by atoms with Crippen molar-refractivity contribution in [3.63, 3.8) is 0 Å². The van der Waals surface area contributed by atoms with Crippen LogP contribution in [0.4, 0.5) is 17.1 Å². The topological polar surface area (TPSA) is 122 Å². The zero-order valence-corrected chi connectivity index (χ0v) is 10.0. The summed E-state index contributed by atoms with van der Waals surface area (Å²) in [5, 5.41) is 32.6. The van der Waals surface area contributed by atoms with Gasteiger partial charge in [-0.15, -0.1) is 0 Å². The van der Waals surface area contributed by atoms with Crippen LogP contribution in [-0.4, -0.2) is 16.4 Å². The van der Waals surface area contributed by atoms with Gasteiger partial charge in [0.25, 0.3) is 11.4 Å². The van der Waals surface area contributed by atoms with E-state index in [9.17, 15) is 20.2 Å². The summed E-state index contributed by atoms with van der Waals surface area (Å²) in [7, 11) is 0. The van der Waals surface area contributed by atoms with Gasteiger partial charge in [-0.3, -0.25) is 20.2 Å². The van der Waals surface area contributed by atoms with Gasteiger partial charge in [-0.25, -0.2) is 0 Å². The summed E-state index contributed by atoms with van der Waals surface area (Å²) in [5.74, 6) is 0. The molecule has 0 bridgehead atoms. The van der Waals surface area contributed by atoms with Gasteiger partial charge in [0.1, 0.15) is 5.69 Å². The van der Waals surface area contributed by atoms with E-state index in [1.54, 1.807) is 0 Å². The molecule has 8 nitrogen and oxygen atoms in total. The third kappa shape index (κ3) is 4.23. The summed E-state index contributed by atoms with van der Waals surface area (Å²) in [4.78, 5) is 20.0. The second kappa shape index (κ2) is 6.90. The lowest BCUT2D eigenvalue weighted by molar-refractivity contribution is -0.393. The zero-order valence-electron chi connectivity index (χ0n) is 10.0. The fourth-order valence-electron chi connectivity index (χ4n) is 1.49. The SMILES string of the molecule is N#CCCCCNc1ccc([N+](=O)[O-])cc1[N+](=O)[O-]. The Kier molecular flexibility index (Phi) is 5.22. The number of non-ortho nitro benzene ring substituents is 1. The van der Waals surface area contributed by atoms with Gasteiger partial charge in [0.15, 0.2) is 0 Å². The standard InChI is InChI=1S/C11H12N4O4/c12-6-2-1-3-7-13-10-5-4-9(14(16)17)8-11(10)15(18)19/h4-5,8,13H,1-3,7H2. The number of unbranched alkanes of at least 4 members (excludes halogenated alkanes) is 2. The van der Waals surface area contributed by atoms with Crippen LogP contribution in [0, 0.1) is 31.6 Å². The predicted octanol–water partition coefficient (Wildman–Crippen LogP) is 2.61. The van der Waals surface area contributed by atoms with E-state index in [-0.39, 0.29) is 17.1 Å². The molecule has 8 heteroatoms. The van der Waals surface area contributed by atoms with Crippen LogP contribution in [-0.2, 0) is 0 Å². The van der Waals surface area contributed by atoms with Crippen molar-refractivity contribution in [1.82, 2.24) is 0 Å². The Hall–Kier alpha value is -2.69. The molecule has 100 valence electrons. The van der Waals surface area contributed by atoms with Gasteiger partial charge in [-0.2, -0.15) is 5.26 Å². The minimum absolute atomic E-state index is 0.243. The average molecular weight is 264 g/mol. The Morgan fingerprint density at radius 3 is 2.53 bits per heavy atom. The van der Waals surface area contributed by atoms with Gasteiger partial charge >= 0.3 is 0 Å². The van der Waals surface area contributed by atoms with Gasteiger partial charge in [-0.1, -0.05) is 0 Å². The predicted molar refractivity (Wildman–Crippen MR) is 67.7 cm³/mol. The number of nitro benzene ring substituents is 2.